The van der Waals surface area contributed by atoms with E-state index in [9.17, 15) is 4.79 Å². The first kappa shape index (κ1) is 14.5. The zero-order valence-electron chi connectivity index (χ0n) is 13.3. The van der Waals surface area contributed by atoms with Crippen LogP contribution in [0.1, 0.15) is 18.4 Å². The molecule has 0 N–H and O–H groups in total. The van der Waals surface area contributed by atoms with Crippen molar-refractivity contribution in [3.63, 3.8) is 0 Å². The monoisotopic (exact) mass is 316 g/mol. The van der Waals surface area contributed by atoms with Crippen molar-refractivity contribution in [3.8, 4) is 0 Å². The fraction of sp³-hybridized carbons (Fsp3) is 0.100. The number of benzene rings is 2. The van der Waals surface area contributed by atoms with E-state index >= 15 is 0 Å². The third-order valence-electron chi connectivity index (χ3n) is 4.11. The molecule has 4 rings (SSSR count). The van der Waals surface area contributed by atoms with Gasteiger partial charge in [0.15, 0.2) is 0 Å². The summed E-state index contributed by atoms with van der Waals surface area (Å²) in [6, 6.07) is 15.4. The van der Waals surface area contributed by atoms with Crippen molar-refractivity contribution in [2.45, 2.75) is 13.5 Å². The SMILES string of the molecule is CCn1cc(/C=C/c2nc(=O)c3ccccc3o2)c2ccccc21. The van der Waals surface area contributed by atoms with E-state index in [-0.39, 0.29) is 5.56 Å². The van der Waals surface area contributed by atoms with Crippen LogP contribution in [0.4, 0.5) is 0 Å². The summed E-state index contributed by atoms with van der Waals surface area (Å²) in [5.74, 6) is 0.312. The number of hydrogen-bond acceptors (Lipinski definition) is 3. The van der Waals surface area contributed by atoms with Gasteiger partial charge in [-0.2, -0.15) is 4.98 Å². The minimum absolute atomic E-state index is 0.271. The fourth-order valence-corrected chi connectivity index (χ4v) is 2.93. The zero-order valence-corrected chi connectivity index (χ0v) is 13.3. The van der Waals surface area contributed by atoms with Crippen LogP contribution in [0.15, 0.2) is 63.9 Å². The lowest BCUT2D eigenvalue weighted by Crippen LogP contribution is -2.06. The summed E-state index contributed by atoms with van der Waals surface area (Å²) in [6.45, 7) is 3.02. The van der Waals surface area contributed by atoms with Gasteiger partial charge in [-0.25, -0.2) is 0 Å². The molecule has 0 aliphatic rings. The summed E-state index contributed by atoms with van der Waals surface area (Å²) in [7, 11) is 0. The van der Waals surface area contributed by atoms with Crippen LogP contribution in [0, 0.1) is 0 Å². The minimum atomic E-state index is -0.271. The second-order valence-corrected chi connectivity index (χ2v) is 5.57. The van der Waals surface area contributed by atoms with Crippen molar-refractivity contribution in [2.24, 2.45) is 0 Å². The quantitative estimate of drug-likeness (QED) is 0.565. The molecule has 24 heavy (non-hydrogen) atoms. The molecule has 0 aliphatic heterocycles. The molecule has 0 saturated carbocycles. The molecule has 0 unspecified atom stereocenters. The molecule has 4 nitrogen and oxygen atoms in total. The molecule has 4 aromatic rings. The Morgan fingerprint density at radius 2 is 1.79 bits per heavy atom. The molecule has 118 valence electrons. The van der Waals surface area contributed by atoms with Crippen molar-refractivity contribution < 1.29 is 4.42 Å². The Bertz CT molecular complexity index is 1120. The van der Waals surface area contributed by atoms with Gasteiger partial charge >= 0.3 is 0 Å². The van der Waals surface area contributed by atoms with Crippen molar-refractivity contribution in [1.29, 1.82) is 0 Å². The number of aryl methyl sites for hydroxylation is 1. The topological polar surface area (TPSA) is 48.0 Å². The molecule has 0 radical (unpaired) electrons. The summed E-state index contributed by atoms with van der Waals surface area (Å²) in [5, 5.41) is 1.66. The van der Waals surface area contributed by atoms with Crippen molar-refractivity contribution >= 4 is 34.0 Å². The summed E-state index contributed by atoms with van der Waals surface area (Å²) >= 11 is 0. The second-order valence-electron chi connectivity index (χ2n) is 5.57. The number of hydrogen-bond donors (Lipinski definition) is 0. The second kappa shape index (κ2) is 5.81. The average Bonchev–Trinajstić information content (AvgIpc) is 2.98. The maximum absolute atomic E-state index is 12.1. The Hall–Kier alpha value is -3.14. The zero-order chi connectivity index (χ0) is 16.5. The average molecular weight is 316 g/mol. The maximum atomic E-state index is 12.1. The standard InChI is InChI=1S/C20H16N2O2/c1-2-22-13-14(15-7-3-5-9-17(15)22)11-12-19-21-20(23)16-8-4-6-10-18(16)24-19/h3-13H,2H2,1H3/b12-11+. The van der Waals surface area contributed by atoms with Gasteiger partial charge in [0.25, 0.3) is 5.56 Å². The molecule has 4 heteroatoms. The van der Waals surface area contributed by atoms with Crippen LogP contribution in [0.2, 0.25) is 0 Å². The van der Waals surface area contributed by atoms with Gasteiger partial charge < -0.3 is 8.98 Å². The Morgan fingerprint density at radius 1 is 1.04 bits per heavy atom. The molecular formula is C20H16N2O2. The molecule has 0 spiro atoms. The molecule has 0 fully saturated rings. The summed E-state index contributed by atoms with van der Waals surface area (Å²) in [4.78, 5) is 16.1. The van der Waals surface area contributed by atoms with Gasteiger partial charge in [0.1, 0.15) is 5.58 Å². The van der Waals surface area contributed by atoms with Gasteiger partial charge in [-0.05, 0) is 31.2 Å². The molecule has 0 amide bonds. The third kappa shape index (κ3) is 2.42. The number of rotatable bonds is 3. The van der Waals surface area contributed by atoms with Gasteiger partial charge in [0.05, 0.1) is 5.39 Å². The summed E-state index contributed by atoms with van der Waals surface area (Å²) in [6.07, 6.45) is 5.78. The molecule has 2 aromatic heterocycles. The smallest absolute Gasteiger partial charge is 0.284 e. The van der Waals surface area contributed by atoms with Crippen LogP contribution in [-0.2, 0) is 6.54 Å². The van der Waals surface area contributed by atoms with E-state index in [0.717, 1.165) is 12.1 Å². The summed E-state index contributed by atoms with van der Waals surface area (Å²) < 4.78 is 7.90. The highest BCUT2D eigenvalue weighted by atomic mass is 16.3. The summed E-state index contributed by atoms with van der Waals surface area (Å²) in [5.41, 5.74) is 2.54. The number of para-hydroxylation sites is 2. The van der Waals surface area contributed by atoms with Gasteiger partial charge in [0, 0.05) is 35.3 Å². The maximum Gasteiger partial charge on any atom is 0.284 e. The minimum Gasteiger partial charge on any atom is -0.438 e. The Balaban J connectivity index is 1.80. The van der Waals surface area contributed by atoms with Crippen LogP contribution in [0.25, 0.3) is 34.0 Å². The molecular weight excluding hydrogens is 300 g/mol. The normalized spacial score (nSPS) is 11.7. The lowest BCUT2D eigenvalue weighted by Gasteiger charge is -1.98. The van der Waals surface area contributed by atoms with Crippen molar-refractivity contribution in [2.75, 3.05) is 0 Å². The first-order valence-corrected chi connectivity index (χ1v) is 7.92. The van der Waals surface area contributed by atoms with E-state index in [4.69, 9.17) is 4.42 Å². The van der Waals surface area contributed by atoms with Crippen molar-refractivity contribution in [1.82, 2.24) is 9.55 Å². The van der Waals surface area contributed by atoms with Crippen LogP contribution in [0.5, 0.6) is 0 Å². The highest BCUT2D eigenvalue weighted by Gasteiger charge is 2.06. The molecule has 0 atom stereocenters. The lowest BCUT2D eigenvalue weighted by atomic mass is 10.1. The van der Waals surface area contributed by atoms with E-state index in [1.165, 1.54) is 10.9 Å². The third-order valence-corrected chi connectivity index (χ3v) is 4.11. The highest BCUT2D eigenvalue weighted by molar-refractivity contribution is 5.91. The van der Waals surface area contributed by atoms with Crippen LogP contribution >= 0.6 is 0 Å². The number of aromatic nitrogens is 2. The highest BCUT2D eigenvalue weighted by Crippen LogP contribution is 2.23. The van der Waals surface area contributed by atoms with Gasteiger partial charge in [-0.3, -0.25) is 4.79 Å². The van der Waals surface area contributed by atoms with Gasteiger partial charge in [0.2, 0.25) is 5.89 Å². The fourth-order valence-electron chi connectivity index (χ4n) is 2.93. The van der Waals surface area contributed by atoms with Crippen LogP contribution in [0.3, 0.4) is 0 Å². The number of fused-ring (bicyclic) bond motifs is 2. The van der Waals surface area contributed by atoms with E-state index in [1.807, 2.05) is 24.3 Å². The van der Waals surface area contributed by atoms with Crippen LogP contribution in [-0.4, -0.2) is 9.55 Å². The van der Waals surface area contributed by atoms with Gasteiger partial charge in [-0.1, -0.05) is 30.3 Å². The number of nitrogens with zero attached hydrogens (tertiary/aromatic N) is 2. The molecule has 2 heterocycles. The van der Waals surface area contributed by atoms with E-state index in [2.05, 4.69) is 34.8 Å². The molecule has 0 aliphatic carbocycles. The predicted molar refractivity (Wildman–Crippen MR) is 96.8 cm³/mol. The van der Waals surface area contributed by atoms with E-state index < -0.39 is 0 Å². The molecule has 2 aromatic carbocycles. The van der Waals surface area contributed by atoms with E-state index in [0.29, 0.717) is 16.9 Å². The Kier molecular flexibility index (Phi) is 3.50. The van der Waals surface area contributed by atoms with Gasteiger partial charge in [-0.15, -0.1) is 0 Å². The Morgan fingerprint density at radius 3 is 2.62 bits per heavy atom. The first-order valence-electron chi connectivity index (χ1n) is 7.92. The molecule has 0 saturated heterocycles. The predicted octanol–water partition coefficient (Wildman–Crippen LogP) is 4.33. The largest absolute Gasteiger partial charge is 0.438 e. The molecule has 0 bridgehead atoms. The first-order chi connectivity index (χ1) is 11.8. The Labute approximate surface area is 138 Å². The van der Waals surface area contributed by atoms with E-state index in [1.54, 1.807) is 24.3 Å². The lowest BCUT2D eigenvalue weighted by molar-refractivity contribution is 0.563. The van der Waals surface area contributed by atoms with Crippen molar-refractivity contribution in [3.05, 3.63) is 76.5 Å². The van der Waals surface area contributed by atoms with Crippen LogP contribution < -0.4 is 5.56 Å².